The summed E-state index contributed by atoms with van der Waals surface area (Å²) in [6.07, 6.45) is 3.94. The lowest BCUT2D eigenvalue weighted by Crippen LogP contribution is -2.33. The van der Waals surface area contributed by atoms with Crippen molar-refractivity contribution in [2.45, 2.75) is 26.4 Å². The van der Waals surface area contributed by atoms with E-state index in [-0.39, 0.29) is 18.1 Å². The monoisotopic (exact) mass is 433 g/mol. The number of anilines is 1. The summed E-state index contributed by atoms with van der Waals surface area (Å²) >= 11 is 0. The normalized spacial score (nSPS) is 16.3. The number of ether oxygens (including phenoxy) is 1. The van der Waals surface area contributed by atoms with Crippen LogP contribution in [0.3, 0.4) is 0 Å². The van der Waals surface area contributed by atoms with E-state index in [1.54, 1.807) is 29.9 Å². The van der Waals surface area contributed by atoms with Crippen molar-refractivity contribution in [3.8, 4) is 5.75 Å². The number of hydrogen-bond donors (Lipinski definition) is 0. The molecular weight excluding hydrogens is 409 g/mol. The third-order valence-corrected chi connectivity index (χ3v) is 6.99. The quantitative estimate of drug-likeness (QED) is 0.618. The van der Waals surface area contributed by atoms with Crippen LogP contribution in [0.25, 0.3) is 5.65 Å². The molecule has 0 atom stereocenters. The van der Waals surface area contributed by atoms with Crippen molar-refractivity contribution in [3.63, 3.8) is 0 Å². The summed E-state index contributed by atoms with van der Waals surface area (Å²) in [6, 6.07) is 6.24. The molecule has 4 rings (SSSR count). The van der Waals surface area contributed by atoms with E-state index in [9.17, 15) is 12.8 Å². The first-order chi connectivity index (χ1) is 14.4. The molecule has 2 aromatic heterocycles. The van der Waals surface area contributed by atoms with Gasteiger partial charge in [0.2, 0.25) is 10.0 Å². The molecule has 2 bridgehead atoms. The third kappa shape index (κ3) is 4.10. The number of sulfonamides is 1. The summed E-state index contributed by atoms with van der Waals surface area (Å²) in [5.41, 5.74) is 2.03. The molecule has 0 amide bonds. The van der Waals surface area contributed by atoms with Gasteiger partial charge in [0.1, 0.15) is 17.4 Å². The summed E-state index contributed by atoms with van der Waals surface area (Å²) in [5, 5.41) is 4.31. The highest BCUT2D eigenvalue weighted by Crippen LogP contribution is 2.25. The molecular formula is C20H24FN5O3S. The minimum Gasteiger partial charge on any atom is -0.493 e. The van der Waals surface area contributed by atoms with Crippen molar-refractivity contribution in [1.29, 1.82) is 0 Å². The molecule has 0 radical (unpaired) electrons. The van der Waals surface area contributed by atoms with Gasteiger partial charge in [0, 0.05) is 44.0 Å². The summed E-state index contributed by atoms with van der Waals surface area (Å²) in [5.74, 6) is 0.919. The molecule has 0 spiro atoms. The van der Waals surface area contributed by atoms with Crippen molar-refractivity contribution in [1.82, 2.24) is 18.9 Å². The maximum atomic E-state index is 13.9. The number of halogens is 1. The first-order valence-corrected chi connectivity index (χ1v) is 11.4. The zero-order valence-electron chi connectivity index (χ0n) is 17.0. The fourth-order valence-corrected chi connectivity index (χ4v) is 4.60. The van der Waals surface area contributed by atoms with Gasteiger partial charge in [-0.3, -0.25) is 0 Å². The summed E-state index contributed by atoms with van der Waals surface area (Å²) in [6.45, 7) is 2.87. The highest BCUT2D eigenvalue weighted by molar-refractivity contribution is 7.89. The Labute approximate surface area is 174 Å². The van der Waals surface area contributed by atoms with Crippen LogP contribution in [0.4, 0.5) is 10.2 Å². The number of benzene rings is 1. The molecule has 3 aromatic rings. The van der Waals surface area contributed by atoms with Crippen LogP contribution in [0.1, 0.15) is 24.5 Å². The van der Waals surface area contributed by atoms with E-state index in [1.165, 1.54) is 16.4 Å². The Kier molecular flexibility index (Phi) is 5.61. The maximum absolute atomic E-state index is 13.9. The lowest BCUT2D eigenvalue weighted by Gasteiger charge is -2.23. The number of aromatic nitrogens is 3. The Morgan fingerprint density at radius 1 is 1.20 bits per heavy atom. The number of nitrogens with zero attached hydrogens (tertiary/aromatic N) is 5. The molecule has 160 valence electrons. The van der Waals surface area contributed by atoms with E-state index >= 15 is 0 Å². The highest BCUT2D eigenvalue weighted by atomic mass is 32.2. The van der Waals surface area contributed by atoms with Gasteiger partial charge >= 0.3 is 0 Å². The van der Waals surface area contributed by atoms with Crippen molar-refractivity contribution < 1.29 is 17.5 Å². The lowest BCUT2D eigenvalue weighted by molar-refractivity contribution is 0.284. The molecule has 1 aromatic carbocycles. The minimum absolute atomic E-state index is 0.0105. The van der Waals surface area contributed by atoms with Crippen LogP contribution in [0.2, 0.25) is 0 Å². The largest absolute Gasteiger partial charge is 0.493 e. The predicted molar refractivity (Wildman–Crippen MR) is 111 cm³/mol. The topological polar surface area (TPSA) is 80.0 Å². The van der Waals surface area contributed by atoms with E-state index in [4.69, 9.17) is 9.72 Å². The average Bonchev–Trinajstić information content (AvgIpc) is 3.13. The van der Waals surface area contributed by atoms with Crippen LogP contribution in [-0.4, -0.2) is 53.3 Å². The Hall–Kier alpha value is -2.72. The molecule has 3 heterocycles. The zero-order chi connectivity index (χ0) is 21.3. The van der Waals surface area contributed by atoms with Crippen LogP contribution in [-0.2, 0) is 23.1 Å². The van der Waals surface area contributed by atoms with E-state index < -0.39 is 10.0 Å². The number of rotatable bonds is 2. The molecule has 1 aliphatic heterocycles. The van der Waals surface area contributed by atoms with Gasteiger partial charge in [0.15, 0.2) is 5.65 Å². The molecule has 0 aliphatic carbocycles. The van der Waals surface area contributed by atoms with Gasteiger partial charge in [-0.1, -0.05) is 0 Å². The molecule has 0 N–H and O–H groups in total. The molecule has 0 fully saturated rings. The van der Waals surface area contributed by atoms with E-state index in [0.717, 1.165) is 5.56 Å². The molecule has 1 aliphatic rings. The second-order valence-electron chi connectivity index (χ2n) is 7.27. The first-order valence-electron chi connectivity index (χ1n) is 9.81. The van der Waals surface area contributed by atoms with Crippen molar-refractivity contribution in [3.05, 3.63) is 53.6 Å². The number of fused-ring (bicyclic) bond motifs is 2. The standard InChI is InChI=1S/C20H24FN5O3S/c1-3-30(27,28)25-8-4-10-29-18-6-5-17(21)11-15(18)13-24(2)19-7-9-26-20(23-19)16(14-25)12-22-26/h5-7,9,11-12H,3-4,8,10,13-14H2,1-2H3. The SMILES string of the molecule is CCS(=O)(=O)N1CCCOc2ccc(F)cc2CN(C)c2ccn3ncc(c3n2)C1. The van der Waals surface area contributed by atoms with E-state index in [1.807, 2.05) is 18.0 Å². The molecule has 30 heavy (non-hydrogen) atoms. The van der Waals surface area contributed by atoms with Crippen LogP contribution in [0.5, 0.6) is 5.75 Å². The fourth-order valence-electron chi connectivity index (χ4n) is 3.49. The summed E-state index contributed by atoms with van der Waals surface area (Å²) < 4.78 is 48.1. The predicted octanol–water partition coefficient (Wildman–Crippen LogP) is 2.44. The molecule has 10 heteroatoms. The molecule has 8 nitrogen and oxygen atoms in total. The summed E-state index contributed by atoms with van der Waals surface area (Å²) in [4.78, 5) is 6.59. The van der Waals surface area contributed by atoms with Gasteiger partial charge in [-0.15, -0.1) is 0 Å². The van der Waals surface area contributed by atoms with E-state index in [2.05, 4.69) is 5.10 Å². The number of hydrogen-bond acceptors (Lipinski definition) is 6. The Morgan fingerprint density at radius 2 is 2.03 bits per heavy atom. The first kappa shape index (κ1) is 20.5. The second kappa shape index (κ2) is 8.19. The fraction of sp³-hybridized carbons (Fsp3) is 0.400. The average molecular weight is 434 g/mol. The smallest absolute Gasteiger partial charge is 0.214 e. The highest BCUT2D eigenvalue weighted by Gasteiger charge is 2.23. The Morgan fingerprint density at radius 3 is 2.83 bits per heavy atom. The van der Waals surface area contributed by atoms with Gasteiger partial charge in [0.05, 0.1) is 18.6 Å². The van der Waals surface area contributed by atoms with Gasteiger partial charge in [0.25, 0.3) is 0 Å². The second-order valence-corrected chi connectivity index (χ2v) is 9.53. The molecule has 0 unspecified atom stereocenters. The molecule has 0 saturated carbocycles. The van der Waals surface area contributed by atoms with Gasteiger partial charge in [-0.05, 0) is 37.6 Å². The van der Waals surface area contributed by atoms with Crippen LogP contribution in [0, 0.1) is 5.82 Å². The summed E-state index contributed by atoms with van der Waals surface area (Å²) in [7, 11) is -1.55. The Bertz CT molecular complexity index is 1160. The van der Waals surface area contributed by atoms with Crippen molar-refractivity contribution in [2.75, 3.05) is 30.9 Å². The van der Waals surface area contributed by atoms with Crippen molar-refractivity contribution >= 4 is 21.5 Å². The van der Waals surface area contributed by atoms with Crippen LogP contribution in [0.15, 0.2) is 36.7 Å². The lowest BCUT2D eigenvalue weighted by atomic mass is 10.2. The van der Waals surface area contributed by atoms with Crippen molar-refractivity contribution in [2.24, 2.45) is 0 Å². The Balaban J connectivity index is 1.79. The van der Waals surface area contributed by atoms with Gasteiger partial charge in [-0.2, -0.15) is 9.40 Å². The van der Waals surface area contributed by atoms with Crippen LogP contribution >= 0.6 is 0 Å². The van der Waals surface area contributed by atoms with Crippen LogP contribution < -0.4 is 9.64 Å². The molecule has 0 saturated heterocycles. The van der Waals surface area contributed by atoms with E-state index in [0.29, 0.717) is 48.9 Å². The van der Waals surface area contributed by atoms with Gasteiger partial charge < -0.3 is 9.64 Å². The van der Waals surface area contributed by atoms with Gasteiger partial charge in [-0.25, -0.2) is 22.3 Å². The zero-order valence-corrected chi connectivity index (χ0v) is 17.8. The minimum atomic E-state index is -3.42. The maximum Gasteiger partial charge on any atom is 0.214 e. The third-order valence-electron chi connectivity index (χ3n) is 5.16.